The van der Waals surface area contributed by atoms with Crippen LogP contribution in [0.4, 0.5) is 11.9 Å². The van der Waals surface area contributed by atoms with E-state index in [-0.39, 0.29) is 0 Å². The van der Waals surface area contributed by atoms with Gasteiger partial charge in [0.1, 0.15) is 0 Å². The molecule has 0 aliphatic heterocycles. The summed E-state index contributed by atoms with van der Waals surface area (Å²) >= 11 is 0. The van der Waals surface area contributed by atoms with E-state index in [9.17, 15) is 0 Å². The van der Waals surface area contributed by atoms with E-state index >= 15 is 0 Å². The maximum absolute atomic E-state index is 5.46. The summed E-state index contributed by atoms with van der Waals surface area (Å²) < 4.78 is 1.68. The number of nitrogens with one attached hydrogen (secondary N) is 1. The SMILES string of the molecule is CCN(CC)c1nc(NN)nc(-n2ccc(C3CC3)n2)n1. The van der Waals surface area contributed by atoms with Crippen LogP contribution in [0.25, 0.3) is 5.95 Å². The first-order valence-corrected chi connectivity index (χ1v) is 7.28. The lowest BCUT2D eigenvalue weighted by Crippen LogP contribution is -2.26. The van der Waals surface area contributed by atoms with E-state index in [0.29, 0.717) is 23.8 Å². The van der Waals surface area contributed by atoms with Crippen molar-refractivity contribution < 1.29 is 0 Å². The summed E-state index contributed by atoms with van der Waals surface area (Å²) in [6.45, 7) is 5.75. The molecule has 0 saturated heterocycles. The van der Waals surface area contributed by atoms with Crippen LogP contribution < -0.4 is 16.2 Å². The smallest absolute Gasteiger partial charge is 0.257 e. The standard InChI is InChI=1S/C13H20N8/c1-3-20(4-2)12-15-11(18-14)16-13(17-12)21-8-7-10(19-21)9-5-6-9/h7-9H,3-6,14H2,1-2H3,(H,15,16,17,18). The number of nitrogens with two attached hydrogens (primary N) is 1. The molecule has 0 bridgehead atoms. The molecule has 1 fully saturated rings. The number of anilines is 2. The number of hydrazine groups is 1. The first-order chi connectivity index (χ1) is 10.2. The fourth-order valence-corrected chi connectivity index (χ4v) is 2.22. The molecule has 0 unspecified atom stereocenters. The monoisotopic (exact) mass is 288 g/mol. The lowest BCUT2D eigenvalue weighted by molar-refractivity contribution is 0.750. The Hall–Kier alpha value is -2.22. The lowest BCUT2D eigenvalue weighted by atomic mass is 10.3. The number of nitrogens with zero attached hydrogens (tertiary/aromatic N) is 6. The van der Waals surface area contributed by atoms with Crippen molar-refractivity contribution in [2.75, 3.05) is 23.4 Å². The van der Waals surface area contributed by atoms with Gasteiger partial charge in [-0.1, -0.05) is 0 Å². The molecule has 3 N–H and O–H groups in total. The first-order valence-electron chi connectivity index (χ1n) is 7.28. The molecule has 0 radical (unpaired) electrons. The van der Waals surface area contributed by atoms with E-state index in [1.54, 1.807) is 4.68 Å². The number of hydrogen-bond acceptors (Lipinski definition) is 7. The molecule has 8 nitrogen and oxygen atoms in total. The molecule has 21 heavy (non-hydrogen) atoms. The Morgan fingerprint density at radius 2 is 2.05 bits per heavy atom. The van der Waals surface area contributed by atoms with Crippen molar-refractivity contribution in [1.82, 2.24) is 24.7 Å². The van der Waals surface area contributed by atoms with Crippen LogP contribution in [0.3, 0.4) is 0 Å². The molecule has 1 saturated carbocycles. The summed E-state index contributed by atoms with van der Waals surface area (Å²) in [6.07, 6.45) is 4.32. The van der Waals surface area contributed by atoms with E-state index in [4.69, 9.17) is 5.84 Å². The van der Waals surface area contributed by atoms with Crippen molar-refractivity contribution in [3.63, 3.8) is 0 Å². The Kier molecular flexibility index (Phi) is 3.70. The van der Waals surface area contributed by atoms with E-state index in [1.807, 2.05) is 17.2 Å². The summed E-state index contributed by atoms with van der Waals surface area (Å²) in [7, 11) is 0. The van der Waals surface area contributed by atoms with Crippen LogP contribution in [0.15, 0.2) is 12.3 Å². The van der Waals surface area contributed by atoms with Crippen LogP contribution >= 0.6 is 0 Å². The predicted molar refractivity (Wildman–Crippen MR) is 80.3 cm³/mol. The van der Waals surface area contributed by atoms with E-state index in [1.165, 1.54) is 12.8 Å². The third-order valence-electron chi connectivity index (χ3n) is 3.60. The van der Waals surface area contributed by atoms with Gasteiger partial charge in [-0.3, -0.25) is 5.43 Å². The molecule has 2 aromatic rings. The van der Waals surface area contributed by atoms with Crippen LogP contribution in [0, 0.1) is 0 Å². The van der Waals surface area contributed by atoms with E-state index in [0.717, 1.165) is 18.8 Å². The van der Waals surface area contributed by atoms with Crippen molar-refractivity contribution in [3.05, 3.63) is 18.0 Å². The number of aromatic nitrogens is 5. The zero-order valence-electron chi connectivity index (χ0n) is 12.3. The largest absolute Gasteiger partial charge is 0.341 e. The molecule has 0 spiro atoms. The quantitative estimate of drug-likeness (QED) is 0.606. The lowest BCUT2D eigenvalue weighted by Gasteiger charge is -2.19. The minimum absolute atomic E-state index is 0.338. The topological polar surface area (TPSA) is 97.8 Å². The van der Waals surface area contributed by atoms with Crippen LogP contribution in [-0.2, 0) is 0 Å². The van der Waals surface area contributed by atoms with Gasteiger partial charge in [0.2, 0.25) is 11.9 Å². The zero-order chi connectivity index (χ0) is 14.8. The Labute approximate surface area is 123 Å². The van der Waals surface area contributed by atoms with Crippen LogP contribution in [0.2, 0.25) is 0 Å². The molecular weight excluding hydrogens is 268 g/mol. The fraction of sp³-hybridized carbons (Fsp3) is 0.538. The molecule has 3 rings (SSSR count). The van der Waals surface area contributed by atoms with Crippen LogP contribution in [-0.4, -0.2) is 37.8 Å². The van der Waals surface area contributed by atoms with Crippen molar-refractivity contribution >= 4 is 11.9 Å². The minimum atomic E-state index is 0.338. The maximum atomic E-state index is 5.46. The molecule has 8 heteroatoms. The molecule has 2 heterocycles. The normalized spacial score (nSPS) is 14.2. The highest BCUT2D eigenvalue weighted by Crippen LogP contribution is 2.38. The summed E-state index contributed by atoms with van der Waals surface area (Å²) in [4.78, 5) is 15.1. The summed E-state index contributed by atoms with van der Waals surface area (Å²) in [6, 6.07) is 2.02. The van der Waals surface area contributed by atoms with Gasteiger partial charge in [0.05, 0.1) is 5.69 Å². The van der Waals surface area contributed by atoms with E-state index < -0.39 is 0 Å². The summed E-state index contributed by atoms with van der Waals surface area (Å²) in [5, 5.41) is 4.55. The summed E-state index contributed by atoms with van der Waals surface area (Å²) in [5.41, 5.74) is 3.59. The van der Waals surface area contributed by atoms with Gasteiger partial charge in [0, 0.05) is 25.2 Å². The minimum Gasteiger partial charge on any atom is -0.341 e. The number of nitrogen functional groups attached to an aromatic ring is 1. The fourth-order valence-electron chi connectivity index (χ4n) is 2.22. The van der Waals surface area contributed by atoms with Gasteiger partial charge in [-0.25, -0.2) is 10.5 Å². The van der Waals surface area contributed by atoms with Crippen molar-refractivity contribution in [2.45, 2.75) is 32.6 Å². The number of hydrogen-bond donors (Lipinski definition) is 2. The Bertz CT molecular complexity index is 614. The van der Waals surface area contributed by atoms with Gasteiger partial charge in [-0.15, -0.1) is 0 Å². The Morgan fingerprint density at radius 1 is 1.29 bits per heavy atom. The second kappa shape index (κ2) is 5.65. The second-order valence-electron chi connectivity index (χ2n) is 5.04. The van der Waals surface area contributed by atoms with Crippen LogP contribution in [0.5, 0.6) is 0 Å². The van der Waals surface area contributed by atoms with Gasteiger partial charge in [-0.2, -0.15) is 20.1 Å². The molecule has 0 atom stereocenters. The maximum Gasteiger partial charge on any atom is 0.257 e. The van der Waals surface area contributed by atoms with Crippen molar-refractivity contribution in [1.29, 1.82) is 0 Å². The molecule has 2 aromatic heterocycles. The van der Waals surface area contributed by atoms with Crippen molar-refractivity contribution in [2.24, 2.45) is 5.84 Å². The summed E-state index contributed by atoms with van der Waals surface area (Å²) in [5.74, 6) is 7.48. The average molecular weight is 288 g/mol. The Morgan fingerprint density at radius 3 is 2.67 bits per heavy atom. The highest BCUT2D eigenvalue weighted by atomic mass is 15.4. The second-order valence-corrected chi connectivity index (χ2v) is 5.04. The molecule has 1 aliphatic rings. The zero-order valence-corrected chi connectivity index (χ0v) is 12.3. The van der Waals surface area contributed by atoms with E-state index in [2.05, 4.69) is 39.3 Å². The third-order valence-corrected chi connectivity index (χ3v) is 3.60. The highest BCUT2D eigenvalue weighted by Gasteiger charge is 2.26. The van der Waals surface area contributed by atoms with Gasteiger partial charge in [-0.05, 0) is 32.8 Å². The number of rotatable bonds is 6. The van der Waals surface area contributed by atoms with Gasteiger partial charge in [0.15, 0.2) is 0 Å². The molecule has 0 aromatic carbocycles. The molecule has 1 aliphatic carbocycles. The molecular formula is C13H20N8. The van der Waals surface area contributed by atoms with Gasteiger partial charge < -0.3 is 4.90 Å². The predicted octanol–water partition coefficient (Wildman–Crippen LogP) is 1.07. The highest BCUT2D eigenvalue weighted by molar-refractivity contribution is 5.39. The van der Waals surface area contributed by atoms with Gasteiger partial charge >= 0.3 is 0 Å². The van der Waals surface area contributed by atoms with Gasteiger partial charge in [0.25, 0.3) is 5.95 Å². The average Bonchev–Trinajstić information content (AvgIpc) is 3.25. The van der Waals surface area contributed by atoms with Crippen LogP contribution in [0.1, 0.15) is 38.3 Å². The van der Waals surface area contributed by atoms with Crippen molar-refractivity contribution in [3.8, 4) is 5.95 Å². The third kappa shape index (κ3) is 2.80. The molecule has 0 amide bonds. The Balaban J connectivity index is 1.97. The first kappa shape index (κ1) is 13.7. The molecule has 112 valence electrons.